The fraction of sp³-hybridized carbons (Fsp3) is 0.648. The Labute approximate surface area is 530 Å². The predicted molar refractivity (Wildman–Crippen MR) is 341 cm³/mol. The third-order valence-corrected chi connectivity index (χ3v) is 15.4. The SMILES string of the molecule is CC(C)(C)OC(=O)[C@@H](Cc1cccc(CC(=O)N(CCOc2cccc(C[C@H](C(=O)OC(C)(C)C)[C@@H]3CCN(C(=O)OC(C)(C)C)C3)c2)Cc2cccc(C[C@H](C(=O)OC(C)(C)C)[C@@H]3CCN(C(=O)OC(C)(C)C)C3)c2)c1)[C@@H]1CCN(C(=O)OC(C)(C)C)C1. The quantitative estimate of drug-likeness (QED) is 0.0765. The molecule has 0 radical (unpaired) electrons. The van der Waals surface area contributed by atoms with Gasteiger partial charge in [-0.15, -0.1) is 0 Å². The second kappa shape index (κ2) is 29.4. The van der Waals surface area contributed by atoms with Crippen molar-refractivity contribution in [3.63, 3.8) is 0 Å². The molecule has 3 aromatic rings. The van der Waals surface area contributed by atoms with E-state index in [1.165, 1.54) is 0 Å². The fourth-order valence-electron chi connectivity index (χ4n) is 11.6. The molecule has 3 aliphatic rings. The molecule has 18 nitrogen and oxygen atoms in total. The van der Waals surface area contributed by atoms with Crippen molar-refractivity contribution in [2.24, 2.45) is 35.5 Å². The average Bonchev–Trinajstić information content (AvgIpc) is 3.02. The highest BCUT2D eigenvalue weighted by Gasteiger charge is 2.43. The van der Waals surface area contributed by atoms with Gasteiger partial charge >= 0.3 is 36.2 Å². The lowest BCUT2D eigenvalue weighted by molar-refractivity contribution is -0.163. The number of hydrogen-bond acceptors (Lipinski definition) is 14. The zero-order valence-electron chi connectivity index (χ0n) is 56.7. The number of carbonyl (C=O) groups is 7. The summed E-state index contributed by atoms with van der Waals surface area (Å²) in [5.74, 6) is -2.87. The number of likely N-dealkylation sites (tertiary alicyclic amines) is 3. The Morgan fingerprint density at radius 3 is 1.10 bits per heavy atom. The molecule has 0 bridgehead atoms. The van der Waals surface area contributed by atoms with Crippen LogP contribution in [0.4, 0.5) is 14.4 Å². The van der Waals surface area contributed by atoms with Crippen LogP contribution in [0.25, 0.3) is 0 Å². The van der Waals surface area contributed by atoms with E-state index in [2.05, 4.69) is 0 Å². The Kier molecular flexibility index (Phi) is 23.5. The summed E-state index contributed by atoms with van der Waals surface area (Å²) in [7, 11) is 0. The van der Waals surface area contributed by atoms with Gasteiger partial charge in [-0.3, -0.25) is 19.2 Å². The molecule has 492 valence electrons. The first-order chi connectivity index (χ1) is 41.1. The number of nitrogens with zero attached hydrogens (tertiary/aromatic N) is 4. The van der Waals surface area contributed by atoms with Crippen LogP contribution in [-0.4, -0.2) is 148 Å². The number of amides is 4. The summed E-state index contributed by atoms with van der Waals surface area (Å²) in [4.78, 5) is 103. The predicted octanol–water partition coefficient (Wildman–Crippen LogP) is 12.6. The number of ether oxygens (including phenoxy) is 7. The Morgan fingerprint density at radius 1 is 0.427 bits per heavy atom. The van der Waals surface area contributed by atoms with Crippen LogP contribution in [0.3, 0.4) is 0 Å². The van der Waals surface area contributed by atoms with Crippen LogP contribution >= 0.6 is 0 Å². The van der Waals surface area contributed by atoms with E-state index in [0.717, 1.165) is 27.8 Å². The van der Waals surface area contributed by atoms with E-state index in [-0.39, 0.29) is 67.7 Å². The Hall–Kier alpha value is -6.85. The van der Waals surface area contributed by atoms with Gasteiger partial charge in [-0.2, -0.15) is 0 Å². The van der Waals surface area contributed by atoms with Gasteiger partial charge < -0.3 is 52.8 Å². The highest BCUT2D eigenvalue weighted by molar-refractivity contribution is 5.79. The van der Waals surface area contributed by atoms with Gasteiger partial charge in [0.15, 0.2) is 0 Å². The highest BCUT2D eigenvalue weighted by Crippen LogP contribution is 2.35. The first kappa shape index (κ1) is 71.2. The van der Waals surface area contributed by atoms with Crippen LogP contribution < -0.4 is 4.74 Å². The lowest BCUT2D eigenvalue weighted by atomic mass is 9.85. The molecule has 0 N–H and O–H groups in total. The Balaban J connectivity index is 1.25. The van der Waals surface area contributed by atoms with E-state index in [0.29, 0.717) is 83.5 Å². The lowest BCUT2D eigenvalue weighted by Crippen LogP contribution is -2.38. The molecular weight excluding hydrogens is 1130 g/mol. The van der Waals surface area contributed by atoms with E-state index in [1.54, 1.807) is 19.6 Å². The molecule has 3 aliphatic heterocycles. The van der Waals surface area contributed by atoms with Crippen LogP contribution in [-0.2, 0) is 79.8 Å². The second-order valence-corrected chi connectivity index (χ2v) is 30.6. The molecular formula is C71H104N4O14. The highest BCUT2D eigenvalue weighted by atomic mass is 16.6. The van der Waals surface area contributed by atoms with Crippen molar-refractivity contribution in [1.29, 1.82) is 0 Å². The van der Waals surface area contributed by atoms with Gasteiger partial charge in [0, 0.05) is 45.8 Å². The molecule has 18 heteroatoms. The van der Waals surface area contributed by atoms with Crippen LogP contribution in [0.5, 0.6) is 5.75 Å². The normalized spacial score (nSPS) is 18.6. The maximum absolute atomic E-state index is 15.0. The minimum Gasteiger partial charge on any atom is -0.492 e. The van der Waals surface area contributed by atoms with Crippen molar-refractivity contribution in [3.8, 4) is 5.75 Å². The minimum atomic E-state index is -0.740. The van der Waals surface area contributed by atoms with Gasteiger partial charge in [-0.25, -0.2) is 14.4 Å². The molecule has 3 saturated heterocycles. The fourth-order valence-corrected chi connectivity index (χ4v) is 11.6. The maximum Gasteiger partial charge on any atom is 0.410 e. The monoisotopic (exact) mass is 1240 g/mol. The Morgan fingerprint density at radius 2 is 0.742 bits per heavy atom. The molecule has 89 heavy (non-hydrogen) atoms. The Bertz CT molecular complexity index is 2930. The van der Waals surface area contributed by atoms with E-state index in [1.807, 2.05) is 197 Å². The molecule has 3 fully saturated rings. The number of carbonyl (C=O) groups excluding carboxylic acids is 7. The second-order valence-electron chi connectivity index (χ2n) is 30.6. The van der Waals surface area contributed by atoms with Crippen LogP contribution in [0, 0.1) is 35.5 Å². The number of esters is 3. The van der Waals surface area contributed by atoms with Crippen LogP contribution in [0.15, 0.2) is 72.8 Å². The van der Waals surface area contributed by atoms with Crippen molar-refractivity contribution in [2.75, 3.05) is 52.4 Å². The molecule has 6 rings (SSSR count). The molecule has 0 spiro atoms. The molecule has 0 aromatic heterocycles. The van der Waals surface area contributed by atoms with E-state index in [4.69, 9.17) is 33.2 Å². The molecule has 0 unspecified atom stereocenters. The summed E-state index contributed by atoms with van der Waals surface area (Å²) in [5, 5.41) is 0. The smallest absolute Gasteiger partial charge is 0.410 e. The van der Waals surface area contributed by atoms with Gasteiger partial charge in [0.05, 0.1) is 30.7 Å². The molecule has 0 aliphatic carbocycles. The first-order valence-corrected chi connectivity index (χ1v) is 31.9. The number of hydrogen-bond donors (Lipinski definition) is 0. The number of benzene rings is 3. The van der Waals surface area contributed by atoms with E-state index >= 15 is 0 Å². The van der Waals surface area contributed by atoms with Crippen molar-refractivity contribution >= 4 is 42.1 Å². The van der Waals surface area contributed by atoms with Gasteiger partial charge in [0.1, 0.15) is 46.0 Å². The van der Waals surface area contributed by atoms with Gasteiger partial charge in [-0.05, 0) is 221 Å². The average molecular weight is 1240 g/mol. The zero-order valence-corrected chi connectivity index (χ0v) is 56.7. The molecule has 3 aromatic carbocycles. The van der Waals surface area contributed by atoms with Crippen LogP contribution in [0.2, 0.25) is 0 Å². The van der Waals surface area contributed by atoms with E-state index in [9.17, 15) is 33.6 Å². The molecule has 3 heterocycles. The summed E-state index contributed by atoms with van der Waals surface area (Å²) in [6, 6.07) is 23.2. The zero-order chi connectivity index (χ0) is 66.0. The minimum absolute atomic E-state index is 0.0328. The van der Waals surface area contributed by atoms with Crippen molar-refractivity contribution in [2.45, 2.75) is 210 Å². The third-order valence-electron chi connectivity index (χ3n) is 15.4. The lowest BCUT2D eigenvalue weighted by Gasteiger charge is -2.28. The summed E-state index contributed by atoms with van der Waals surface area (Å²) >= 11 is 0. The molecule has 4 amide bonds. The summed E-state index contributed by atoms with van der Waals surface area (Å²) in [6.07, 6.45) is 1.63. The summed E-state index contributed by atoms with van der Waals surface area (Å²) in [6.45, 7) is 35.9. The maximum atomic E-state index is 15.0. The first-order valence-electron chi connectivity index (χ1n) is 31.9. The number of rotatable bonds is 20. The van der Waals surface area contributed by atoms with Crippen molar-refractivity contribution < 1.29 is 66.7 Å². The van der Waals surface area contributed by atoms with Crippen molar-refractivity contribution in [3.05, 3.63) is 101 Å². The standard InChI is InChI=1S/C71H104N4O14/c1-66(2,3)84-60(77)56(52-28-31-73(44-52)63(80)87-69(10,11)12)39-47-22-19-24-49(36-47)42-59(76)72(43-51-26-20-23-48(37-51)40-57(61(78)85-67(4,5)6)53-29-32-74(45-53)64(81)88-70(13,14)15)34-35-83-55-27-21-25-50(38-55)41-58(62(79)86-68(7,8)9)54-30-33-75(46-54)65(82)89-71(16,17)18/h19-27,36-38,52-54,56-58H,28-35,39-46H2,1-18H3/t52-,53-,54-,56+,57+,58+/m1/s1. The van der Waals surface area contributed by atoms with Crippen molar-refractivity contribution in [1.82, 2.24) is 19.6 Å². The van der Waals surface area contributed by atoms with E-state index < -0.39 is 69.6 Å². The largest absolute Gasteiger partial charge is 0.492 e. The van der Waals surface area contributed by atoms with Gasteiger partial charge in [0.25, 0.3) is 0 Å². The summed E-state index contributed by atoms with van der Waals surface area (Å²) < 4.78 is 41.5. The topological polar surface area (TPSA) is 197 Å². The molecule has 0 saturated carbocycles. The van der Waals surface area contributed by atoms with Gasteiger partial charge in [-0.1, -0.05) is 60.7 Å². The van der Waals surface area contributed by atoms with Crippen LogP contribution in [0.1, 0.15) is 172 Å². The third kappa shape index (κ3) is 23.8. The summed E-state index contributed by atoms with van der Waals surface area (Å²) in [5.41, 5.74) is -0.0552. The molecule has 6 atom stereocenters. The van der Waals surface area contributed by atoms with Gasteiger partial charge in [0.2, 0.25) is 5.91 Å².